The molecule has 2 aliphatic rings. The summed E-state index contributed by atoms with van der Waals surface area (Å²) in [4.78, 5) is 2.20. The van der Waals surface area contributed by atoms with Crippen molar-refractivity contribution in [1.29, 1.82) is 0 Å². The monoisotopic (exact) mass is 439 g/mol. The average Bonchev–Trinajstić information content (AvgIpc) is 2.69. The summed E-state index contributed by atoms with van der Waals surface area (Å²) in [5.41, 5.74) is 5.80. The Hall–Kier alpha value is -0.840. The average molecular weight is 440 g/mol. The Bertz CT molecular complexity index is 740. The molecule has 1 aromatic rings. The molecule has 0 bridgehead atoms. The predicted octanol–water partition coefficient (Wildman–Crippen LogP) is 1.98. The summed E-state index contributed by atoms with van der Waals surface area (Å²) in [7, 11) is -3.82. The Morgan fingerprint density at radius 3 is 2.25 bits per heavy atom. The molecule has 0 spiro atoms. The molecule has 28 heavy (non-hydrogen) atoms. The highest BCUT2D eigenvalue weighted by Gasteiger charge is 2.34. The fourth-order valence-corrected chi connectivity index (χ4v) is 5.51. The van der Waals surface area contributed by atoms with E-state index in [0.717, 1.165) is 50.8 Å². The van der Waals surface area contributed by atoms with Gasteiger partial charge in [-0.2, -0.15) is 4.31 Å². The zero-order valence-corrected chi connectivity index (χ0v) is 17.4. The zero-order chi connectivity index (χ0) is 19.4. The third kappa shape index (κ3) is 5.20. The Kier molecular flexibility index (Phi) is 8.60. The fourth-order valence-electron chi connectivity index (χ4n) is 4.03. The van der Waals surface area contributed by atoms with E-state index in [1.807, 2.05) is 0 Å². The number of benzene rings is 1. The van der Waals surface area contributed by atoms with Crippen LogP contribution in [-0.4, -0.2) is 69.1 Å². The van der Waals surface area contributed by atoms with E-state index in [4.69, 9.17) is 10.5 Å². The van der Waals surface area contributed by atoms with Gasteiger partial charge in [0.15, 0.2) is 11.6 Å². The quantitative estimate of drug-likeness (QED) is 0.733. The number of piperidine rings is 1. The third-order valence-corrected chi connectivity index (χ3v) is 7.36. The van der Waals surface area contributed by atoms with Crippen molar-refractivity contribution in [1.82, 2.24) is 9.21 Å². The molecule has 0 amide bonds. The molecule has 0 saturated carbocycles. The van der Waals surface area contributed by atoms with E-state index in [-0.39, 0.29) is 23.3 Å². The predicted molar refractivity (Wildman–Crippen MR) is 105 cm³/mol. The van der Waals surface area contributed by atoms with Gasteiger partial charge in [0, 0.05) is 51.5 Å². The summed E-state index contributed by atoms with van der Waals surface area (Å²) in [6, 6.07) is 3.40. The van der Waals surface area contributed by atoms with Gasteiger partial charge in [-0.15, -0.1) is 12.4 Å². The Balaban J connectivity index is 0.00000280. The summed E-state index contributed by atoms with van der Waals surface area (Å²) in [5.74, 6) is -2.21. The van der Waals surface area contributed by atoms with Crippen molar-refractivity contribution >= 4 is 22.4 Å². The Labute approximate surface area is 171 Å². The van der Waals surface area contributed by atoms with E-state index >= 15 is 0 Å². The summed E-state index contributed by atoms with van der Waals surface area (Å²) in [6.45, 7) is 3.55. The van der Waals surface area contributed by atoms with Gasteiger partial charge in [-0.3, -0.25) is 4.90 Å². The van der Waals surface area contributed by atoms with Crippen LogP contribution in [0.25, 0.3) is 0 Å². The molecule has 3 rings (SSSR count). The van der Waals surface area contributed by atoms with E-state index in [0.29, 0.717) is 38.5 Å². The second kappa shape index (κ2) is 10.3. The number of halogens is 3. The molecule has 2 heterocycles. The molecule has 0 atom stereocenters. The molecule has 2 fully saturated rings. The third-order valence-electron chi connectivity index (χ3n) is 5.47. The van der Waals surface area contributed by atoms with E-state index in [9.17, 15) is 17.2 Å². The van der Waals surface area contributed by atoms with Crippen molar-refractivity contribution in [3.8, 4) is 0 Å². The first-order chi connectivity index (χ1) is 12.9. The van der Waals surface area contributed by atoms with E-state index in [1.165, 1.54) is 4.31 Å². The van der Waals surface area contributed by atoms with Gasteiger partial charge in [0.05, 0.1) is 4.90 Å². The fraction of sp³-hybridized carbons (Fsp3) is 0.667. The molecule has 6 nitrogen and oxygen atoms in total. The smallest absolute Gasteiger partial charge is 0.243 e. The van der Waals surface area contributed by atoms with Crippen LogP contribution in [0.15, 0.2) is 23.1 Å². The van der Waals surface area contributed by atoms with Crippen molar-refractivity contribution in [3.63, 3.8) is 0 Å². The van der Waals surface area contributed by atoms with Gasteiger partial charge in [0.25, 0.3) is 0 Å². The molecular formula is C18H28ClF2N3O3S. The van der Waals surface area contributed by atoms with Gasteiger partial charge in [-0.25, -0.2) is 17.2 Å². The lowest BCUT2D eigenvalue weighted by Gasteiger charge is -2.43. The van der Waals surface area contributed by atoms with Crippen LogP contribution in [0.3, 0.4) is 0 Å². The largest absolute Gasteiger partial charge is 0.381 e. The molecular weight excluding hydrogens is 412 g/mol. The zero-order valence-electron chi connectivity index (χ0n) is 15.7. The van der Waals surface area contributed by atoms with Crippen LogP contribution in [0.2, 0.25) is 0 Å². The number of hydrogen-bond donors (Lipinski definition) is 1. The summed E-state index contributed by atoms with van der Waals surface area (Å²) in [5, 5.41) is 0. The number of hydrogen-bond acceptors (Lipinski definition) is 5. The van der Waals surface area contributed by atoms with Gasteiger partial charge in [0.1, 0.15) is 0 Å². The summed E-state index contributed by atoms with van der Waals surface area (Å²) < 4.78 is 58.8. The van der Waals surface area contributed by atoms with Crippen LogP contribution in [0.5, 0.6) is 0 Å². The minimum atomic E-state index is -3.82. The molecule has 0 aromatic heterocycles. The van der Waals surface area contributed by atoms with Crippen LogP contribution in [0.4, 0.5) is 8.78 Å². The van der Waals surface area contributed by atoms with Gasteiger partial charge in [-0.05, 0) is 43.9 Å². The van der Waals surface area contributed by atoms with E-state index in [2.05, 4.69) is 4.90 Å². The van der Waals surface area contributed by atoms with Crippen LogP contribution in [-0.2, 0) is 14.8 Å². The molecule has 2 saturated heterocycles. The molecule has 2 aliphatic heterocycles. The highest BCUT2D eigenvalue weighted by molar-refractivity contribution is 7.89. The van der Waals surface area contributed by atoms with Crippen molar-refractivity contribution in [2.24, 2.45) is 5.73 Å². The Morgan fingerprint density at radius 2 is 1.68 bits per heavy atom. The maximum atomic E-state index is 13.4. The van der Waals surface area contributed by atoms with Crippen molar-refractivity contribution < 1.29 is 21.9 Å². The topological polar surface area (TPSA) is 75.9 Å². The van der Waals surface area contributed by atoms with Gasteiger partial charge in [-0.1, -0.05) is 0 Å². The lowest BCUT2D eigenvalue weighted by Crippen LogP contribution is -2.52. The number of rotatable bonds is 6. The number of sulfonamides is 1. The second-order valence-corrected chi connectivity index (χ2v) is 9.02. The van der Waals surface area contributed by atoms with Crippen LogP contribution in [0.1, 0.15) is 25.7 Å². The van der Waals surface area contributed by atoms with Gasteiger partial charge >= 0.3 is 0 Å². The normalized spacial score (nSPS) is 20.3. The first-order valence-electron chi connectivity index (χ1n) is 9.42. The minimum absolute atomic E-state index is 0. The van der Waals surface area contributed by atoms with E-state index < -0.39 is 21.7 Å². The molecule has 1 aromatic carbocycles. The molecule has 10 heteroatoms. The van der Waals surface area contributed by atoms with Crippen LogP contribution < -0.4 is 5.73 Å². The van der Waals surface area contributed by atoms with Crippen molar-refractivity contribution in [2.45, 2.75) is 42.7 Å². The first-order valence-corrected chi connectivity index (χ1v) is 10.9. The lowest BCUT2D eigenvalue weighted by atomic mass is 9.99. The number of nitrogens with zero attached hydrogens (tertiary/aromatic N) is 2. The first kappa shape index (κ1) is 23.4. The highest BCUT2D eigenvalue weighted by atomic mass is 35.5. The van der Waals surface area contributed by atoms with Crippen LogP contribution in [0, 0.1) is 11.6 Å². The molecule has 0 aliphatic carbocycles. The lowest BCUT2D eigenvalue weighted by molar-refractivity contribution is 0.00838. The van der Waals surface area contributed by atoms with Gasteiger partial charge in [0.2, 0.25) is 10.0 Å². The van der Waals surface area contributed by atoms with Crippen LogP contribution >= 0.6 is 12.4 Å². The van der Waals surface area contributed by atoms with Crippen molar-refractivity contribution in [2.75, 3.05) is 39.4 Å². The SMILES string of the molecule is Cl.NCCN(C1CCOCC1)C1CCN(S(=O)(=O)c2ccc(F)c(F)c2)CC1. The maximum absolute atomic E-state index is 13.4. The molecule has 2 N–H and O–H groups in total. The standard InChI is InChI=1S/C18H27F2N3O3S.ClH/c19-17-2-1-16(13-18(17)20)27(24,25)22-8-3-14(4-9-22)23(10-7-21)15-5-11-26-12-6-15;/h1-2,13-15H,3-12,21H2;1H. The summed E-state index contributed by atoms with van der Waals surface area (Å²) >= 11 is 0. The van der Waals surface area contributed by atoms with Gasteiger partial charge < -0.3 is 10.5 Å². The molecule has 0 unspecified atom stereocenters. The summed E-state index contributed by atoms with van der Waals surface area (Å²) in [6.07, 6.45) is 3.32. The number of ether oxygens (including phenoxy) is 1. The minimum Gasteiger partial charge on any atom is -0.381 e. The second-order valence-electron chi connectivity index (χ2n) is 7.08. The molecule has 160 valence electrons. The number of nitrogens with two attached hydrogens (primary N) is 1. The Morgan fingerprint density at radius 1 is 1.07 bits per heavy atom. The van der Waals surface area contributed by atoms with E-state index in [1.54, 1.807) is 0 Å². The molecule has 0 radical (unpaired) electrons. The maximum Gasteiger partial charge on any atom is 0.243 e. The van der Waals surface area contributed by atoms with Crippen molar-refractivity contribution in [3.05, 3.63) is 29.8 Å². The highest BCUT2D eigenvalue weighted by Crippen LogP contribution is 2.27.